The summed E-state index contributed by atoms with van der Waals surface area (Å²) in [6, 6.07) is 11.7. The van der Waals surface area contributed by atoms with Gasteiger partial charge in [0.25, 0.3) is 0 Å². The van der Waals surface area contributed by atoms with Crippen LogP contribution in [0.3, 0.4) is 0 Å². The molecule has 1 aromatic heterocycles. The zero-order valence-corrected chi connectivity index (χ0v) is 14.2. The van der Waals surface area contributed by atoms with Crippen molar-refractivity contribution in [1.82, 2.24) is 10.3 Å². The molecule has 23 heavy (non-hydrogen) atoms. The number of hydrogen-bond donors (Lipinski definition) is 1. The maximum atomic E-state index is 11.5. The van der Waals surface area contributed by atoms with Gasteiger partial charge in [-0.2, -0.15) is 0 Å². The van der Waals surface area contributed by atoms with Gasteiger partial charge in [-0.15, -0.1) is 0 Å². The van der Waals surface area contributed by atoms with Crippen LogP contribution in [0.1, 0.15) is 26.3 Å². The predicted octanol–water partition coefficient (Wildman–Crippen LogP) is 3.26. The first kappa shape index (κ1) is 17.2. The van der Waals surface area contributed by atoms with Crippen molar-refractivity contribution >= 4 is 5.78 Å². The van der Waals surface area contributed by atoms with E-state index in [0.717, 1.165) is 22.6 Å². The van der Waals surface area contributed by atoms with E-state index in [4.69, 9.17) is 4.74 Å². The molecule has 4 heteroatoms. The van der Waals surface area contributed by atoms with Gasteiger partial charge in [0.05, 0.1) is 17.8 Å². The maximum Gasteiger partial charge on any atom is 0.147 e. The van der Waals surface area contributed by atoms with Crippen molar-refractivity contribution in [2.75, 3.05) is 7.05 Å². The molecule has 122 valence electrons. The Morgan fingerprint density at radius 3 is 2.52 bits per heavy atom. The molecule has 0 fully saturated rings. The van der Waals surface area contributed by atoms with E-state index in [-0.39, 0.29) is 17.9 Å². The Balaban J connectivity index is 2.21. The lowest BCUT2D eigenvalue weighted by atomic mass is 10.0. The van der Waals surface area contributed by atoms with Crippen LogP contribution in [0.5, 0.6) is 5.75 Å². The van der Waals surface area contributed by atoms with Gasteiger partial charge in [-0.1, -0.05) is 18.2 Å². The highest BCUT2D eigenvalue weighted by atomic mass is 16.5. The molecule has 1 aromatic carbocycles. The van der Waals surface area contributed by atoms with Crippen LogP contribution in [0.4, 0.5) is 0 Å². The maximum absolute atomic E-state index is 11.5. The molecule has 1 atom stereocenters. The summed E-state index contributed by atoms with van der Waals surface area (Å²) in [4.78, 5) is 16.1. The molecule has 0 radical (unpaired) electrons. The van der Waals surface area contributed by atoms with Crippen molar-refractivity contribution in [3.05, 3.63) is 48.2 Å². The smallest absolute Gasteiger partial charge is 0.147 e. The first-order chi connectivity index (χ1) is 11.0. The SMILES string of the molecule is CN[C@@H](Cc1ccc(-c2ccccc2OC(C)C)nc1)C(C)=O. The zero-order valence-electron chi connectivity index (χ0n) is 14.2. The van der Waals surface area contributed by atoms with Crippen molar-refractivity contribution in [3.8, 4) is 17.0 Å². The van der Waals surface area contributed by atoms with E-state index in [0.29, 0.717) is 6.42 Å². The Hall–Kier alpha value is -2.20. The summed E-state index contributed by atoms with van der Waals surface area (Å²) in [7, 11) is 1.80. The number of nitrogens with one attached hydrogen (secondary N) is 1. The van der Waals surface area contributed by atoms with Crippen LogP contribution in [-0.4, -0.2) is 30.0 Å². The van der Waals surface area contributed by atoms with Gasteiger partial charge in [0.15, 0.2) is 0 Å². The second-order valence-electron chi connectivity index (χ2n) is 5.87. The third-order valence-electron chi connectivity index (χ3n) is 3.63. The normalized spacial score (nSPS) is 12.2. The monoisotopic (exact) mass is 312 g/mol. The molecular formula is C19H24N2O2. The highest BCUT2D eigenvalue weighted by Crippen LogP contribution is 2.29. The van der Waals surface area contributed by atoms with Crippen LogP contribution in [0.25, 0.3) is 11.3 Å². The minimum atomic E-state index is -0.167. The molecule has 0 aliphatic carbocycles. The first-order valence-corrected chi connectivity index (χ1v) is 7.90. The van der Waals surface area contributed by atoms with Crippen LogP contribution >= 0.6 is 0 Å². The predicted molar refractivity (Wildman–Crippen MR) is 92.7 cm³/mol. The number of rotatable bonds is 7. The molecule has 0 aliphatic heterocycles. The minimum absolute atomic E-state index is 0.113. The van der Waals surface area contributed by atoms with Crippen LogP contribution < -0.4 is 10.1 Å². The Morgan fingerprint density at radius 2 is 1.96 bits per heavy atom. The molecule has 0 unspecified atom stereocenters. The minimum Gasteiger partial charge on any atom is -0.490 e. The number of Topliss-reactive ketones (excluding diaryl/α,β-unsaturated/α-hetero) is 1. The van der Waals surface area contributed by atoms with Crippen LogP contribution in [0.2, 0.25) is 0 Å². The fraction of sp³-hybridized carbons (Fsp3) is 0.368. The largest absolute Gasteiger partial charge is 0.490 e. The van der Waals surface area contributed by atoms with Gasteiger partial charge >= 0.3 is 0 Å². The number of hydrogen-bond acceptors (Lipinski definition) is 4. The van der Waals surface area contributed by atoms with E-state index in [2.05, 4.69) is 10.3 Å². The number of pyridine rings is 1. The second-order valence-corrected chi connectivity index (χ2v) is 5.87. The van der Waals surface area contributed by atoms with Gasteiger partial charge in [0.1, 0.15) is 11.5 Å². The number of benzene rings is 1. The van der Waals surface area contributed by atoms with Crippen molar-refractivity contribution in [3.63, 3.8) is 0 Å². The molecular weight excluding hydrogens is 288 g/mol. The number of carbonyl (C=O) groups excluding carboxylic acids is 1. The Bertz CT molecular complexity index is 651. The molecule has 2 aromatic rings. The highest BCUT2D eigenvalue weighted by molar-refractivity contribution is 5.81. The van der Waals surface area contributed by atoms with E-state index in [9.17, 15) is 4.79 Å². The van der Waals surface area contributed by atoms with Crippen LogP contribution in [-0.2, 0) is 11.2 Å². The lowest BCUT2D eigenvalue weighted by Crippen LogP contribution is -2.34. The third kappa shape index (κ3) is 4.63. The van der Waals surface area contributed by atoms with E-state index >= 15 is 0 Å². The van der Waals surface area contributed by atoms with Gasteiger partial charge in [-0.25, -0.2) is 0 Å². The van der Waals surface area contributed by atoms with Crippen molar-refractivity contribution < 1.29 is 9.53 Å². The average molecular weight is 312 g/mol. The topological polar surface area (TPSA) is 51.2 Å². The van der Waals surface area contributed by atoms with Crippen molar-refractivity contribution in [2.24, 2.45) is 0 Å². The van der Waals surface area contributed by atoms with Crippen LogP contribution in [0, 0.1) is 0 Å². The molecule has 4 nitrogen and oxygen atoms in total. The lowest BCUT2D eigenvalue weighted by molar-refractivity contribution is -0.118. The Morgan fingerprint density at radius 1 is 1.22 bits per heavy atom. The summed E-state index contributed by atoms with van der Waals surface area (Å²) in [6.07, 6.45) is 2.58. The van der Waals surface area contributed by atoms with E-state index < -0.39 is 0 Å². The summed E-state index contributed by atoms with van der Waals surface area (Å²) in [5.41, 5.74) is 2.88. The number of ketones is 1. The summed E-state index contributed by atoms with van der Waals surface area (Å²) in [5.74, 6) is 0.965. The van der Waals surface area contributed by atoms with Gasteiger partial charge in [-0.05, 0) is 58.0 Å². The zero-order chi connectivity index (χ0) is 16.8. The van der Waals surface area contributed by atoms with Gasteiger partial charge in [0, 0.05) is 11.8 Å². The molecule has 0 saturated heterocycles. The lowest BCUT2D eigenvalue weighted by Gasteiger charge is -2.15. The van der Waals surface area contributed by atoms with Gasteiger partial charge in [0.2, 0.25) is 0 Å². The average Bonchev–Trinajstić information content (AvgIpc) is 2.53. The first-order valence-electron chi connectivity index (χ1n) is 7.90. The number of aromatic nitrogens is 1. The molecule has 1 heterocycles. The molecule has 1 N–H and O–H groups in total. The standard InChI is InChI=1S/C19H24N2O2/c1-13(2)23-19-8-6-5-7-16(19)17-10-9-15(12-21-17)11-18(20-4)14(3)22/h5-10,12-13,18,20H,11H2,1-4H3/t18-/m0/s1. The number of carbonyl (C=O) groups is 1. The van der Waals surface area contributed by atoms with Crippen molar-refractivity contribution in [2.45, 2.75) is 39.3 Å². The van der Waals surface area contributed by atoms with Gasteiger partial charge in [-0.3, -0.25) is 9.78 Å². The van der Waals surface area contributed by atoms with Crippen molar-refractivity contribution in [1.29, 1.82) is 0 Å². The summed E-state index contributed by atoms with van der Waals surface area (Å²) < 4.78 is 5.85. The molecule has 0 spiro atoms. The van der Waals surface area contributed by atoms with E-state index in [1.165, 1.54) is 0 Å². The highest BCUT2D eigenvalue weighted by Gasteiger charge is 2.13. The molecule has 2 rings (SSSR count). The molecule has 0 amide bonds. The summed E-state index contributed by atoms with van der Waals surface area (Å²) in [5, 5.41) is 3.03. The van der Waals surface area contributed by atoms with Gasteiger partial charge < -0.3 is 10.1 Å². The number of ether oxygens (including phenoxy) is 1. The Labute approximate surface area is 137 Å². The fourth-order valence-electron chi connectivity index (χ4n) is 2.42. The van der Waals surface area contributed by atoms with Crippen LogP contribution in [0.15, 0.2) is 42.6 Å². The second kappa shape index (κ2) is 7.88. The molecule has 0 saturated carbocycles. The molecule has 0 aliphatic rings. The summed E-state index contributed by atoms with van der Waals surface area (Å²) in [6.45, 7) is 5.61. The van der Waals surface area contributed by atoms with E-state index in [1.54, 1.807) is 14.0 Å². The summed E-state index contributed by atoms with van der Waals surface area (Å²) >= 11 is 0. The Kier molecular flexibility index (Phi) is 5.88. The number of nitrogens with zero attached hydrogens (tertiary/aromatic N) is 1. The molecule has 0 bridgehead atoms. The number of para-hydroxylation sites is 1. The fourth-order valence-corrected chi connectivity index (χ4v) is 2.42. The third-order valence-corrected chi connectivity index (χ3v) is 3.63. The van der Waals surface area contributed by atoms with E-state index in [1.807, 2.05) is 56.4 Å². The quantitative estimate of drug-likeness (QED) is 0.852. The number of likely N-dealkylation sites (N-methyl/N-ethyl adjacent to an activating group) is 1.